The molecule has 4 aliphatic rings. The highest BCUT2D eigenvalue weighted by Gasteiger charge is 2.76. The third-order valence-electron chi connectivity index (χ3n) is 8.70. The highest BCUT2D eigenvalue weighted by Crippen LogP contribution is 2.43. The van der Waals surface area contributed by atoms with Crippen LogP contribution in [-0.2, 0) is 20.4 Å². The maximum atomic E-state index is 13.7. The maximum Gasteiger partial charge on any atom is 0.343 e. The van der Waals surface area contributed by atoms with Crippen molar-refractivity contribution in [3.63, 3.8) is 0 Å². The molecule has 0 radical (unpaired) electrons. The van der Waals surface area contributed by atoms with Crippen molar-refractivity contribution in [3.8, 4) is 5.75 Å². The first-order chi connectivity index (χ1) is 19.3. The van der Waals surface area contributed by atoms with Gasteiger partial charge in [0.1, 0.15) is 17.8 Å². The molecule has 14 heteroatoms. The number of nitrogens with zero attached hydrogens (tertiary/aromatic N) is 3. The molecule has 1 spiro atoms. The van der Waals surface area contributed by atoms with Gasteiger partial charge in [0.15, 0.2) is 12.0 Å². The molecule has 14 nitrogen and oxygen atoms in total. The number of aliphatic hydroxyl groups is 2. The number of nitrogens with one attached hydrogen (secondary N) is 3. The maximum absolute atomic E-state index is 13.7. The van der Waals surface area contributed by atoms with Crippen molar-refractivity contribution >= 4 is 29.6 Å². The number of amides is 3. The second-order valence-electron chi connectivity index (χ2n) is 13.7. The molecule has 2 fully saturated rings. The van der Waals surface area contributed by atoms with E-state index >= 15 is 0 Å². The Balaban J connectivity index is 1.49. The van der Waals surface area contributed by atoms with Gasteiger partial charge in [0, 0.05) is 29.5 Å². The molecule has 0 saturated carbocycles. The van der Waals surface area contributed by atoms with Crippen LogP contribution in [0.1, 0.15) is 75.9 Å². The normalized spacial score (nSPS) is 28.7. The topological polar surface area (TPSA) is 221 Å². The van der Waals surface area contributed by atoms with Crippen molar-refractivity contribution in [2.24, 2.45) is 16.5 Å². The highest BCUT2D eigenvalue weighted by molar-refractivity contribution is 6.02. The SMILES string of the molecule is CC(C)(C)c1cc(C(=O)N[C@H]2CN3C(N)=N[C@@H](CN4C(=O)CCC4=O)[C@@H]4[NH+]=C(N)N[C@@]43C2(O)O)cc(C(C)(C)C)c1O. The first-order valence-electron chi connectivity index (χ1n) is 14.0. The minimum Gasteiger partial charge on any atom is -0.507 e. The Bertz CT molecular complexity index is 1370. The van der Waals surface area contributed by atoms with E-state index in [4.69, 9.17) is 11.5 Å². The minimum absolute atomic E-state index is 0.0154. The zero-order valence-corrected chi connectivity index (χ0v) is 24.8. The molecule has 4 heterocycles. The number of carbonyl (C=O) groups excluding carboxylic acids is 3. The lowest BCUT2D eigenvalue weighted by molar-refractivity contribution is -0.521. The fourth-order valence-electron chi connectivity index (χ4n) is 6.49. The summed E-state index contributed by atoms with van der Waals surface area (Å²) in [7, 11) is 0. The third-order valence-corrected chi connectivity index (χ3v) is 8.70. The number of phenols is 1. The van der Waals surface area contributed by atoms with Gasteiger partial charge in [-0.25, -0.2) is 10.3 Å². The Kier molecular flexibility index (Phi) is 6.55. The largest absolute Gasteiger partial charge is 0.507 e. The number of rotatable bonds is 4. The fourth-order valence-corrected chi connectivity index (χ4v) is 6.49. The number of nitrogens with two attached hydrogens (primary N) is 2. The minimum atomic E-state index is -2.66. The molecule has 5 rings (SSSR count). The zero-order valence-electron chi connectivity index (χ0n) is 24.8. The van der Waals surface area contributed by atoms with E-state index in [9.17, 15) is 29.7 Å². The Morgan fingerprint density at radius 1 is 1.10 bits per heavy atom. The van der Waals surface area contributed by atoms with Gasteiger partial charge in [0.25, 0.3) is 11.6 Å². The molecule has 0 unspecified atom stereocenters. The van der Waals surface area contributed by atoms with Crippen LogP contribution in [0, 0.1) is 0 Å². The van der Waals surface area contributed by atoms with E-state index in [1.54, 1.807) is 12.1 Å². The average Bonchev–Trinajstić information content (AvgIpc) is 3.45. The number of aromatic hydroxyl groups is 1. The Morgan fingerprint density at radius 2 is 1.64 bits per heavy atom. The van der Waals surface area contributed by atoms with Gasteiger partial charge in [-0.2, -0.15) is 0 Å². The lowest BCUT2D eigenvalue weighted by Crippen LogP contribution is -2.90. The summed E-state index contributed by atoms with van der Waals surface area (Å²) in [6, 6.07) is 0.139. The summed E-state index contributed by atoms with van der Waals surface area (Å²) in [5, 5.41) is 40.3. The van der Waals surface area contributed by atoms with Crippen LogP contribution in [0.3, 0.4) is 0 Å². The van der Waals surface area contributed by atoms with Crippen LogP contribution in [0.4, 0.5) is 0 Å². The van der Waals surface area contributed by atoms with Gasteiger partial charge in [-0.3, -0.25) is 34.9 Å². The first-order valence-corrected chi connectivity index (χ1v) is 14.0. The van der Waals surface area contributed by atoms with E-state index in [1.165, 1.54) is 4.90 Å². The standard InChI is InChI=1S/C28H40N8O6/c1-25(2,3)14-9-13(10-15(20(14)39)26(4,5)6)22(40)32-17-12-36-24(30)31-16(11-35-18(37)7-8-19(35)38)21-27(36,28(17,41)42)34-23(29)33-21/h9-10,16-17,21,39,41-42H,7-8,11-12H2,1-6H3,(H2,30,31)(H,32,40)(H3,29,33,34)/p+1/t16-,17-,21-,27-/m0/s1. The monoisotopic (exact) mass is 585 g/mol. The molecule has 2 saturated heterocycles. The van der Waals surface area contributed by atoms with Gasteiger partial charge in [-0.1, -0.05) is 41.5 Å². The van der Waals surface area contributed by atoms with Gasteiger partial charge in [-0.15, -0.1) is 0 Å². The molecule has 228 valence electrons. The molecule has 42 heavy (non-hydrogen) atoms. The predicted octanol–water partition coefficient (Wildman–Crippen LogP) is -3.01. The smallest absolute Gasteiger partial charge is 0.343 e. The van der Waals surface area contributed by atoms with E-state index in [1.807, 2.05) is 41.5 Å². The van der Waals surface area contributed by atoms with E-state index in [-0.39, 0.29) is 61.0 Å². The number of carbonyl (C=O) groups is 3. The molecular weight excluding hydrogens is 544 g/mol. The van der Waals surface area contributed by atoms with Crippen molar-refractivity contribution in [1.29, 1.82) is 0 Å². The van der Waals surface area contributed by atoms with Gasteiger partial charge >= 0.3 is 5.96 Å². The molecule has 0 aromatic heterocycles. The summed E-state index contributed by atoms with van der Waals surface area (Å²) in [6.45, 7) is 11.3. The summed E-state index contributed by atoms with van der Waals surface area (Å²) >= 11 is 0. The second-order valence-corrected chi connectivity index (χ2v) is 13.7. The first kappa shape index (κ1) is 29.6. The van der Waals surface area contributed by atoms with Crippen molar-refractivity contribution in [2.75, 3.05) is 13.1 Å². The number of benzene rings is 1. The Morgan fingerprint density at radius 3 is 2.17 bits per heavy atom. The molecule has 4 aliphatic heterocycles. The number of likely N-dealkylation sites (tertiary alicyclic amines) is 1. The molecule has 3 amide bonds. The summed E-state index contributed by atoms with van der Waals surface area (Å²) in [6.07, 6.45) is 0.186. The summed E-state index contributed by atoms with van der Waals surface area (Å²) in [5.74, 6) is -3.87. The lowest BCUT2D eigenvalue weighted by Gasteiger charge is -2.46. The van der Waals surface area contributed by atoms with Gasteiger partial charge in [0.2, 0.25) is 17.6 Å². The Labute approximate surface area is 243 Å². The van der Waals surface area contributed by atoms with E-state index < -0.39 is 46.3 Å². The molecule has 4 atom stereocenters. The average molecular weight is 586 g/mol. The molecule has 0 aliphatic carbocycles. The van der Waals surface area contributed by atoms with Crippen LogP contribution >= 0.6 is 0 Å². The van der Waals surface area contributed by atoms with Crippen molar-refractivity contribution in [3.05, 3.63) is 28.8 Å². The fraction of sp³-hybridized carbons (Fsp3) is 0.607. The van der Waals surface area contributed by atoms with Crippen molar-refractivity contribution in [1.82, 2.24) is 20.4 Å². The summed E-state index contributed by atoms with van der Waals surface area (Å²) in [5.41, 5.74) is 11.1. The molecule has 1 aromatic rings. The highest BCUT2D eigenvalue weighted by atomic mass is 16.5. The lowest BCUT2D eigenvalue weighted by atomic mass is 9.78. The number of imide groups is 1. The van der Waals surface area contributed by atoms with E-state index in [0.717, 1.165) is 4.90 Å². The molecule has 0 bridgehead atoms. The zero-order chi connectivity index (χ0) is 31.2. The van der Waals surface area contributed by atoms with Crippen LogP contribution in [0.2, 0.25) is 0 Å². The van der Waals surface area contributed by atoms with Gasteiger partial charge < -0.3 is 26.4 Å². The van der Waals surface area contributed by atoms with Gasteiger partial charge in [-0.05, 0) is 23.0 Å². The molecular formula is C28H41N8O6+. The van der Waals surface area contributed by atoms with Crippen molar-refractivity contribution < 1.29 is 34.7 Å². The quantitative estimate of drug-likeness (QED) is 0.132. The summed E-state index contributed by atoms with van der Waals surface area (Å²) in [4.78, 5) is 48.4. The van der Waals surface area contributed by atoms with Crippen LogP contribution in [0.15, 0.2) is 17.1 Å². The van der Waals surface area contributed by atoms with Crippen LogP contribution in [0.5, 0.6) is 5.75 Å². The Hall–Kier alpha value is -3.91. The number of hydrogen-bond acceptors (Lipinski definition) is 11. The van der Waals surface area contributed by atoms with Crippen LogP contribution in [-0.4, -0.2) is 97.4 Å². The number of hydrogen-bond donors (Lipinski definition) is 8. The molecule has 1 aromatic carbocycles. The number of guanidine groups is 2. The summed E-state index contributed by atoms with van der Waals surface area (Å²) < 4.78 is 0. The van der Waals surface area contributed by atoms with E-state index in [2.05, 4.69) is 20.6 Å². The molecule has 10 N–H and O–H groups in total. The number of phenolic OH excluding ortho intramolecular Hbond substituents is 1. The van der Waals surface area contributed by atoms with Crippen molar-refractivity contribution in [2.45, 2.75) is 94.8 Å². The van der Waals surface area contributed by atoms with Crippen LogP contribution < -0.4 is 27.1 Å². The predicted molar refractivity (Wildman–Crippen MR) is 152 cm³/mol. The number of aliphatic imine (C=N–C) groups is 1. The van der Waals surface area contributed by atoms with E-state index in [0.29, 0.717) is 11.1 Å². The third kappa shape index (κ3) is 4.35. The second kappa shape index (κ2) is 9.30. The van der Waals surface area contributed by atoms with Crippen LogP contribution in [0.25, 0.3) is 0 Å². The van der Waals surface area contributed by atoms with Gasteiger partial charge in [0.05, 0.1) is 13.1 Å².